The van der Waals surface area contributed by atoms with Gasteiger partial charge in [-0.1, -0.05) is 13.8 Å². The second-order valence-electron chi connectivity index (χ2n) is 4.83. The molecule has 0 aliphatic heterocycles. The van der Waals surface area contributed by atoms with Crippen molar-refractivity contribution in [3.05, 3.63) is 29.3 Å². The maximum absolute atomic E-state index is 14.2. The molecule has 0 aliphatic carbocycles. The van der Waals surface area contributed by atoms with Crippen molar-refractivity contribution in [2.24, 2.45) is 0 Å². The molecule has 0 fully saturated rings. The highest BCUT2D eigenvalue weighted by Gasteiger charge is 2.22. The monoisotopic (exact) mass is 286 g/mol. The Hall–Kier alpha value is -1.20. The summed E-state index contributed by atoms with van der Waals surface area (Å²) in [6.07, 6.45) is 1.54. The zero-order valence-corrected chi connectivity index (χ0v) is 12.4. The van der Waals surface area contributed by atoms with Crippen LogP contribution in [0.1, 0.15) is 32.3 Å². The summed E-state index contributed by atoms with van der Waals surface area (Å²) in [6, 6.07) is 2.71. The minimum absolute atomic E-state index is 0.0151. The van der Waals surface area contributed by atoms with Crippen LogP contribution in [0.15, 0.2) is 12.1 Å². The fourth-order valence-electron chi connectivity index (χ4n) is 2.51. The standard InChI is InChI=1S/C15H24F2N2O/c1-4-12(5-2)19(6-7-20)15-13(16)8-11(10-18-3)9-14(15)17/h8-9,12,18,20H,4-7,10H2,1-3H3. The predicted octanol–water partition coefficient (Wildman–Crippen LogP) is 2.67. The van der Waals surface area contributed by atoms with Crippen LogP contribution in [0, 0.1) is 11.6 Å². The van der Waals surface area contributed by atoms with Crippen LogP contribution in [0.25, 0.3) is 0 Å². The van der Waals surface area contributed by atoms with Crippen LogP contribution in [0.5, 0.6) is 0 Å². The van der Waals surface area contributed by atoms with Gasteiger partial charge in [0.15, 0.2) is 0 Å². The molecule has 0 spiro atoms. The second kappa shape index (κ2) is 8.17. The third kappa shape index (κ3) is 3.90. The highest BCUT2D eigenvalue weighted by Crippen LogP contribution is 2.28. The summed E-state index contributed by atoms with van der Waals surface area (Å²) in [6.45, 7) is 4.46. The molecule has 0 saturated heterocycles. The molecule has 0 bridgehead atoms. The Balaban J connectivity index is 3.19. The Morgan fingerprint density at radius 1 is 1.20 bits per heavy atom. The Morgan fingerprint density at radius 2 is 1.75 bits per heavy atom. The molecule has 0 aliphatic rings. The van der Waals surface area contributed by atoms with E-state index < -0.39 is 11.6 Å². The van der Waals surface area contributed by atoms with Gasteiger partial charge in [0.1, 0.15) is 17.3 Å². The molecule has 0 amide bonds. The van der Waals surface area contributed by atoms with Crippen molar-refractivity contribution < 1.29 is 13.9 Å². The minimum atomic E-state index is -0.574. The van der Waals surface area contributed by atoms with E-state index in [0.717, 1.165) is 12.8 Å². The van der Waals surface area contributed by atoms with Crippen LogP contribution in [0.4, 0.5) is 14.5 Å². The quantitative estimate of drug-likeness (QED) is 0.771. The fraction of sp³-hybridized carbons (Fsp3) is 0.600. The molecule has 0 heterocycles. The van der Waals surface area contributed by atoms with Gasteiger partial charge in [0.25, 0.3) is 0 Å². The Bertz CT molecular complexity index is 399. The lowest BCUT2D eigenvalue weighted by Gasteiger charge is -2.32. The van der Waals surface area contributed by atoms with Crippen molar-refractivity contribution in [2.45, 2.75) is 39.3 Å². The summed E-state index contributed by atoms with van der Waals surface area (Å²) in [5, 5.41) is 12.0. The van der Waals surface area contributed by atoms with Crippen molar-refractivity contribution in [3.63, 3.8) is 0 Å². The summed E-state index contributed by atoms with van der Waals surface area (Å²) in [7, 11) is 1.73. The number of halogens is 2. The predicted molar refractivity (Wildman–Crippen MR) is 77.9 cm³/mol. The molecule has 1 rings (SSSR count). The van der Waals surface area contributed by atoms with E-state index in [1.807, 2.05) is 13.8 Å². The first-order valence-electron chi connectivity index (χ1n) is 7.08. The summed E-state index contributed by atoms with van der Waals surface area (Å²) in [5.41, 5.74) is 0.535. The zero-order valence-electron chi connectivity index (χ0n) is 12.4. The Kier molecular flexibility index (Phi) is 6.88. The number of benzene rings is 1. The van der Waals surface area contributed by atoms with Crippen molar-refractivity contribution in [3.8, 4) is 0 Å². The molecule has 0 radical (unpaired) electrons. The van der Waals surface area contributed by atoms with Gasteiger partial charge in [0.2, 0.25) is 0 Å². The number of aliphatic hydroxyl groups excluding tert-OH is 1. The Morgan fingerprint density at radius 3 is 2.15 bits per heavy atom. The number of rotatable bonds is 8. The van der Waals surface area contributed by atoms with E-state index in [-0.39, 0.29) is 24.9 Å². The third-order valence-electron chi connectivity index (χ3n) is 3.47. The number of nitrogens with zero attached hydrogens (tertiary/aromatic N) is 1. The average molecular weight is 286 g/mol. The van der Waals surface area contributed by atoms with Gasteiger partial charge >= 0.3 is 0 Å². The maximum Gasteiger partial charge on any atom is 0.149 e. The topological polar surface area (TPSA) is 35.5 Å². The van der Waals surface area contributed by atoms with Gasteiger partial charge in [0, 0.05) is 19.1 Å². The van der Waals surface area contributed by atoms with Crippen molar-refractivity contribution >= 4 is 5.69 Å². The number of anilines is 1. The highest BCUT2D eigenvalue weighted by atomic mass is 19.1. The van der Waals surface area contributed by atoms with Gasteiger partial charge in [-0.2, -0.15) is 0 Å². The largest absolute Gasteiger partial charge is 0.395 e. The molecule has 0 unspecified atom stereocenters. The third-order valence-corrected chi connectivity index (χ3v) is 3.47. The molecule has 1 aromatic rings. The average Bonchev–Trinajstić information content (AvgIpc) is 2.39. The van der Waals surface area contributed by atoms with Crippen LogP contribution in [-0.2, 0) is 6.54 Å². The molecular formula is C15H24F2N2O. The molecule has 114 valence electrons. The number of hydrogen-bond acceptors (Lipinski definition) is 3. The highest BCUT2D eigenvalue weighted by molar-refractivity contribution is 5.51. The van der Waals surface area contributed by atoms with E-state index in [1.54, 1.807) is 11.9 Å². The molecule has 3 nitrogen and oxygen atoms in total. The van der Waals surface area contributed by atoms with E-state index in [0.29, 0.717) is 12.1 Å². The lowest BCUT2D eigenvalue weighted by molar-refractivity contribution is 0.294. The van der Waals surface area contributed by atoms with Crippen LogP contribution < -0.4 is 10.2 Å². The van der Waals surface area contributed by atoms with E-state index in [9.17, 15) is 8.78 Å². The fourth-order valence-corrected chi connectivity index (χ4v) is 2.51. The molecular weight excluding hydrogens is 262 g/mol. The summed E-state index contributed by atoms with van der Waals surface area (Å²) >= 11 is 0. The van der Waals surface area contributed by atoms with E-state index in [4.69, 9.17) is 5.11 Å². The number of aliphatic hydroxyl groups is 1. The molecule has 1 aromatic carbocycles. The molecule has 0 aromatic heterocycles. The zero-order chi connectivity index (χ0) is 15.1. The van der Waals surface area contributed by atoms with Gasteiger partial charge in [-0.05, 0) is 37.6 Å². The molecule has 0 atom stereocenters. The number of nitrogens with one attached hydrogen (secondary N) is 1. The first-order valence-corrected chi connectivity index (χ1v) is 7.08. The van der Waals surface area contributed by atoms with Crippen LogP contribution in [-0.4, -0.2) is 31.3 Å². The van der Waals surface area contributed by atoms with E-state index in [1.165, 1.54) is 12.1 Å². The van der Waals surface area contributed by atoms with Gasteiger partial charge in [-0.3, -0.25) is 0 Å². The first-order chi connectivity index (χ1) is 9.58. The normalized spacial score (nSPS) is 11.2. The molecule has 0 saturated carbocycles. The number of hydrogen-bond donors (Lipinski definition) is 2. The molecule has 2 N–H and O–H groups in total. The minimum Gasteiger partial charge on any atom is -0.395 e. The summed E-state index contributed by atoms with van der Waals surface area (Å²) in [4.78, 5) is 1.63. The van der Waals surface area contributed by atoms with Gasteiger partial charge in [-0.25, -0.2) is 8.78 Å². The first kappa shape index (κ1) is 16.9. The lowest BCUT2D eigenvalue weighted by atomic mass is 10.1. The SMILES string of the molecule is CCC(CC)N(CCO)c1c(F)cc(CNC)cc1F. The van der Waals surface area contributed by atoms with Crippen LogP contribution in [0.2, 0.25) is 0 Å². The van der Waals surface area contributed by atoms with Crippen molar-refractivity contribution in [2.75, 3.05) is 25.1 Å². The van der Waals surface area contributed by atoms with E-state index >= 15 is 0 Å². The summed E-state index contributed by atoms with van der Waals surface area (Å²) in [5.74, 6) is -1.15. The van der Waals surface area contributed by atoms with E-state index in [2.05, 4.69) is 5.32 Å². The smallest absolute Gasteiger partial charge is 0.149 e. The van der Waals surface area contributed by atoms with Crippen LogP contribution >= 0.6 is 0 Å². The molecule has 5 heteroatoms. The molecule has 20 heavy (non-hydrogen) atoms. The second-order valence-corrected chi connectivity index (χ2v) is 4.83. The van der Waals surface area contributed by atoms with Gasteiger partial charge < -0.3 is 15.3 Å². The summed E-state index contributed by atoms with van der Waals surface area (Å²) < 4.78 is 28.5. The van der Waals surface area contributed by atoms with Crippen molar-refractivity contribution in [1.82, 2.24) is 5.32 Å². The Labute approximate surface area is 119 Å². The lowest BCUT2D eigenvalue weighted by Crippen LogP contribution is -2.38. The van der Waals surface area contributed by atoms with Crippen molar-refractivity contribution in [1.29, 1.82) is 0 Å². The van der Waals surface area contributed by atoms with Gasteiger partial charge in [-0.15, -0.1) is 0 Å². The van der Waals surface area contributed by atoms with Crippen LogP contribution in [0.3, 0.4) is 0 Å². The van der Waals surface area contributed by atoms with Gasteiger partial charge in [0.05, 0.1) is 6.61 Å². The maximum atomic E-state index is 14.2.